The number of hydrogen-bond acceptors (Lipinski definition) is 6. The largest absolute Gasteiger partial charge is 0.378 e. The van der Waals surface area contributed by atoms with Crippen molar-refractivity contribution in [2.45, 2.75) is 38.5 Å². The van der Waals surface area contributed by atoms with Crippen LogP contribution in [0.25, 0.3) is 0 Å². The molecule has 0 spiro atoms. The molecule has 0 bridgehead atoms. The van der Waals surface area contributed by atoms with Crippen molar-refractivity contribution in [2.24, 2.45) is 0 Å². The van der Waals surface area contributed by atoms with Gasteiger partial charge < -0.3 is 14.5 Å². The predicted octanol–water partition coefficient (Wildman–Crippen LogP) is 1.06. The fourth-order valence-electron chi connectivity index (χ4n) is 4.45. The van der Waals surface area contributed by atoms with Crippen LogP contribution in [0.5, 0.6) is 0 Å². The molecule has 158 valence electrons. The lowest BCUT2D eigenvalue weighted by Gasteiger charge is -2.32. The highest BCUT2D eigenvalue weighted by Gasteiger charge is 2.28. The summed E-state index contributed by atoms with van der Waals surface area (Å²) in [4.78, 5) is 40.5. The summed E-state index contributed by atoms with van der Waals surface area (Å²) in [6, 6.07) is 0. The Hall–Kier alpha value is -2.06. The minimum Gasteiger partial charge on any atom is -0.378 e. The first kappa shape index (κ1) is 20.2. The highest BCUT2D eigenvalue weighted by Crippen LogP contribution is 2.26. The molecule has 0 saturated carbocycles. The molecule has 8 heteroatoms. The maximum Gasteiger partial charge on any atom is 0.257 e. The summed E-state index contributed by atoms with van der Waals surface area (Å²) < 4.78 is 5.32. The van der Waals surface area contributed by atoms with Crippen LogP contribution in [0, 0.1) is 6.92 Å². The van der Waals surface area contributed by atoms with E-state index in [0.717, 1.165) is 50.5 Å². The van der Waals surface area contributed by atoms with E-state index in [0.29, 0.717) is 38.4 Å². The summed E-state index contributed by atoms with van der Waals surface area (Å²) >= 11 is 0. The number of aryl methyl sites for hydroxylation is 1. The molecule has 0 radical (unpaired) electrons. The van der Waals surface area contributed by atoms with Crippen molar-refractivity contribution in [3.63, 3.8) is 0 Å². The van der Waals surface area contributed by atoms with E-state index >= 15 is 0 Å². The van der Waals surface area contributed by atoms with Crippen LogP contribution in [-0.2, 0) is 9.53 Å². The lowest BCUT2D eigenvalue weighted by Crippen LogP contribution is -2.43. The van der Waals surface area contributed by atoms with Gasteiger partial charge in [0.05, 0.1) is 31.0 Å². The molecule has 2 amide bonds. The van der Waals surface area contributed by atoms with Crippen molar-refractivity contribution in [1.29, 1.82) is 0 Å². The Balaban J connectivity index is 1.33. The summed E-state index contributed by atoms with van der Waals surface area (Å²) in [5.74, 6) is 1.28. The van der Waals surface area contributed by atoms with Crippen molar-refractivity contribution < 1.29 is 14.3 Å². The van der Waals surface area contributed by atoms with Gasteiger partial charge in [0.2, 0.25) is 5.91 Å². The van der Waals surface area contributed by atoms with E-state index in [-0.39, 0.29) is 17.7 Å². The van der Waals surface area contributed by atoms with E-state index in [1.165, 1.54) is 12.8 Å². The van der Waals surface area contributed by atoms with E-state index in [4.69, 9.17) is 4.74 Å². The van der Waals surface area contributed by atoms with Crippen molar-refractivity contribution in [3.05, 3.63) is 23.3 Å². The number of aromatic nitrogens is 2. The van der Waals surface area contributed by atoms with Crippen molar-refractivity contribution in [1.82, 2.24) is 24.7 Å². The first-order valence-corrected chi connectivity index (χ1v) is 10.8. The molecule has 0 N–H and O–H groups in total. The number of rotatable bonds is 4. The fraction of sp³-hybridized carbons (Fsp3) is 0.714. The van der Waals surface area contributed by atoms with Crippen molar-refractivity contribution in [2.75, 3.05) is 59.0 Å². The second-order valence-corrected chi connectivity index (χ2v) is 8.27. The predicted molar refractivity (Wildman–Crippen MR) is 108 cm³/mol. The molecular formula is C21H31N5O3. The molecule has 3 fully saturated rings. The van der Waals surface area contributed by atoms with Crippen LogP contribution in [0.4, 0.5) is 0 Å². The zero-order chi connectivity index (χ0) is 20.2. The van der Waals surface area contributed by atoms with Crippen LogP contribution in [0.3, 0.4) is 0 Å². The summed E-state index contributed by atoms with van der Waals surface area (Å²) in [7, 11) is 0. The molecule has 0 aliphatic carbocycles. The zero-order valence-corrected chi connectivity index (χ0v) is 17.3. The van der Waals surface area contributed by atoms with Gasteiger partial charge >= 0.3 is 0 Å². The molecule has 4 rings (SSSR count). The van der Waals surface area contributed by atoms with Crippen molar-refractivity contribution >= 4 is 11.8 Å². The first-order valence-electron chi connectivity index (χ1n) is 10.8. The highest BCUT2D eigenvalue weighted by atomic mass is 16.5. The maximum absolute atomic E-state index is 12.7. The van der Waals surface area contributed by atoms with Crippen LogP contribution in [0.2, 0.25) is 0 Å². The molecule has 4 heterocycles. The Labute approximate surface area is 172 Å². The first-order chi connectivity index (χ1) is 14.1. The van der Waals surface area contributed by atoms with Crippen LogP contribution in [0.1, 0.15) is 53.5 Å². The Morgan fingerprint density at radius 2 is 1.72 bits per heavy atom. The standard InChI is InChI=1S/C21H31N5O3/c1-16-18(21(28)26-10-12-29-13-11-26)14-22-20(23-16)17-4-8-25(9-5-17)19(27)15-24-6-2-3-7-24/h14,17H,2-13,15H2,1H3. The quantitative estimate of drug-likeness (QED) is 0.751. The summed E-state index contributed by atoms with van der Waals surface area (Å²) in [6.45, 7) is 8.44. The van der Waals surface area contributed by atoms with E-state index in [1.54, 1.807) is 11.1 Å². The minimum absolute atomic E-state index is 0.0142. The van der Waals surface area contributed by atoms with Gasteiger partial charge in [-0.05, 0) is 45.7 Å². The Kier molecular flexibility index (Phi) is 6.40. The van der Waals surface area contributed by atoms with E-state index in [2.05, 4.69) is 14.9 Å². The van der Waals surface area contributed by atoms with Gasteiger partial charge in [-0.25, -0.2) is 9.97 Å². The third-order valence-corrected chi connectivity index (χ3v) is 6.30. The smallest absolute Gasteiger partial charge is 0.257 e. The molecule has 29 heavy (non-hydrogen) atoms. The molecule has 3 aliphatic heterocycles. The maximum atomic E-state index is 12.7. The molecule has 3 aliphatic rings. The van der Waals surface area contributed by atoms with Crippen LogP contribution in [-0.4, -0.2) is 95.5 Å². The highest BCUT2D eigenvalue weighted by molar-refractivity contribution is 5.95. The van der Waals surface area contributed by atoms with Gasteiger partial charge in [0, 0.05) is 38.3 Å². The molecule has 0 unspecified atom stereocenters. The number of ether oxygens (including phenoxy) is 1. The number of carbonyl (C=O) groups excluding carboxylic acids is 2. The number of amides is 2. The van der Waals surface area contributed by atoms with Gasteiger partial charge in [0.1, 0.15) is 5.82 Å². The number of carbonyl (C=O) groups is 2. The Morgan fingerprint density at radius 1 is 1.03 bits per heavy atom. The SMILES string of the molecule is Cc1nc(C2CCN(C(=O)CN3CCCC3)CC2)ncc1C(=O)N1CCOCC1. The number of nitrogens with zero attached hydrogens (tertiary/aromatic N) is 5. The average Bonchev–Trinajstić information content (AvgIpc) is 3.27. The van der Waals surface area contributed by atoms with Gasteiger partial charge in [-0.1, -0.05) is 0 Å². The van der Waals surface area contributed by atoms with Gasteiger partial charge in [-0.2, -0.15) is 0 Å². The molecule has 0 aromatic carbocycles. The lowest BCUT2D eigenvalue weighted by atomic mass is 9.95. The summed E-state index contributed by atoms with van der Waals surface area (Å²) in [5, 5.41) is 0. The molecule has 0 atom stereocenters. The molecule has 1 aromatic rings. The second kappa shape index (κ2) is 9.17. The number of hydrogen-bond donors (Lipinski definition) is 0. The molecule has 1 aromatic heterocycles. The van der Waals surface area contributed by atoms with E-state index in [1.807, 2.05) is 11.8 Å². The summed E-state index contributed by atoms with van der Waals surface area (Å²) in [5.41, 5.74) is 1.31. The zero-order valence-electron chi connectivity index (χ0n) is 17.3. The number of morpholine rings is 1. The van der Waals surface area contributed by atoms with Crippen LogP contribution >= 0.6 is 0 Å². The van der Waals surface area contributed by atoms with Gasteiger partial charge in [-0.15, -0.1) is 0 Å². The Bertz CT molecular complexity index is 736. The van der Waals surface area contributed by atoms with Crippen LogP contribution in [0.15, 0.2) is 6.20 Å². The normalized spacial score (nSPS) is 21.6. The average molecular weight is 402 g/mol. The lowest BCUT2D eigenvalue weighted by molar-refractivity contribution is -0.133. The monoisotopic (exact) mass is 401 g/mol. The third-order valence-electron chi connectivity index (χ3n) is 6.30. The Morgan fingerprint density at radius 3 is 2.38 bits per heavy atom. The molecular weight excluding hydrogens is 370 g/mol. The van der Waals surface area contributed by atoms with Gasteiger partial charge in [-0.3, -0.25) is 14.5 Å². The topological polar surface area (TPSA) is 78.9 Å². The van der Waals surface area contributed by atoms with Gasteiger partial charge in [0.15, 0.2) is 0 Å². The van der Waals surface area contributed by atoms with E-state index in [9.17, 15) is 9.59 Å². The molecule has 8 nitrogen and oxygen atoms in total. The number of likely N-dealkylation sites (tertiary alicyclic amines) is 2. The van der Waals surface area contributed by atoms with E-state index < -0.39 is 0 Å². The van der Waals surface area contributed by atoms with Crippen molar-refractivity contribution in [3.8, 4) is 0 Å². The fourth-order valence-corrected chi connectivity index (χ4v) is 4.45. The summed E-state index contributed by atoms with van der Waals surface area (Å²) in [6.07, 6.45) is 5.84. The minimum atomic E-state index is -0.0142. The van der Waals surface area contributed by atoms with Gasteiger partial charge in [0.25, 0.3) is 5.91 Å². The molecule has 3 saturated heterocycles. The second-order valence-electron chi connectivity index (χ2n) is 8.27. The number of piperidine rings is 1. The van der Waals surface area contributed by atoms with Crippen LogP contribution < -0.4 is 0 Å². The third kappa shape index (κ3) is 4.75.